The van der Waals surface area contributed by atoms with E-state index in [2.05, 4.69) is 65.7 Å². The summed E-state index contributed by atoms with van der Waals surface area (Å²) in [4.78, 5) is 16.5. The highest BCUT2D eigenvalue weighted by molar-refractivity contribution is 7.39. The van der Waals surface area contributed by atoms with Gasteiger partial charge in [0.1, 0.15) is 6.21 Å². The normalized spacial score (nSPS) is 11.2. The first kappa shape index (κ1) is 19.9. The fourth-order valence-corrected chi connectivity index (χ4v) is 4.95. The van der Waals surface area contributed by atoms with E-state index in [0.717, 1.165) is 22.1 Å². The lowest BCUT2D eigenvalue weighted by atomic mass is 9.94. The zero-order chi connectivity index (χ0) is 20.8. The van der Waals surface area contributed by atoms with Crippen LogP contribution in [0.15, 0.2) is 96.0 Å². The van der Waals surface area contributed by atoms with Gasteiger partial charge in [0, 0.05) is 16.4 Å². The summed E-state index contributed by atoms with van der Waals surface area (Å²) in [6, 6.07) is 31.0. The van der Waals surface area contributed by atoms with Gasteiger partial charge in [-0.3, -0.25) is 0 Å². The van der Waals surface area contributed by atoms with Crippen LogP contribution in [-0.4, -0.2) is 18.8 Å². The molecule has 0 amide bonds. The number of benzene rings is 3. The monoisotopic (exact) mass is 411 g/mol. The molecule has 0 aliphatic heterocycles. The topological polar surface area (TPSA) is 38.7 Å². The Labute approximate surface area is 178 Å². The molecule has 0 spiro atoms. The summed E-state index contributed by atoms with van der Waals surface area (Å²) >= 11 is 0. The van der Waals surface area contributed by atoms with Crippen molar-refractivity contribution in [2.45, 2.75) is 6.92 Å². The SMILES string of the molecule is CCOC(=O)C=Nc1[pH]c(-c2ccccc2)c(-c2ccccc2)c1-c1ccccc1. The highest BCUT2D eigenvalue weighted by atomic mass is 31.0. The number of carbonyl (C=O) groups excluding carboxylic acids is 1. The Morgan fingerprint density at radius 2 is 1.30 bits per heavy atom. The number of hydrogen-bond acceptors (Lipinski definition) is 3. The van der Waals surface area contributed by atoms with Gasteiger partial charge < -0.3 is 4.74 Å². The van der Waals surface area contributed by atoms with Crippen LogP contribution >= 0.6 is 8.19 Å². The second kappa shape index (κ2) is 9.39. The summed E-state index contributed by atoms with van der Waals surface area (Å²) in [6.45, 7) is 2.13. The molecule has 30 heavy (non-hydrogen) atoms. The second-order valence-electron chi connectivity index (χ2n) is 6.71. The maximum atomic E-state index is 11.9. The van der Waals surface area contributed by atoms with Gasteiger partial charge in [-0.25, -0.2) is 9.79 Å². The number of hydrogen-bond donors (Lipinski definition) is 0. The zero-order valence-corrected chi connectivity index (χ0v) is 17.7. The van der Waals surface area contributed by atoms with Crippen LogP contribution in [0, 0.1) is 0 Å². The third-order valence-corrected chi connectivity index (χ3v) is 6.16. The van der Waals surface area contributed by atoms with Crippen molar-refractivity contribution in [2.24, 2.45) is 4.99 Å². The molecule has 0 N–H and O–H groups in total. The lowest BCUT2D eigenvalue weighted by molar-refractivity contribution is -0.134. The van der Waals surface area contributed by atoms with Gasteiger partial charge in [0.25, 0.3) is 0 Å². The molecule has 4 aromatic rings. The number of esters is 1. The van der Waals surface area contributed by atoms with Crippen LogP contribution in [0.3, 0.4) is 0 Å². The summed E-state index contributed by atoms with van der Waals surface area (Å²) in [7, 11) is 0.335. The second-order valence-corrected chi connectivity index (χ2v) is 7.93. The Balaban J connectivity index is 1.99. The van der Waals surface area contributed by atoms with E-state index in [1.54, 1.807) is 6.92 Å². The largest absolute Gasteiger partial charge is 0.462 e. The van der Waals surface area contributed by atoms with Gasteiger partial charge in [-0.05, 0) is 23.6 Å². The van der Waals surface area contributed by atoms with Crippen molar-refractivity contribution in [3.8, 4) is 33.1 Å². The van der Waals surface area contributed by atoms with Crippen LogP contribution in [0.4, 0.5) is 5.42 Å². The van der Waals surface area contributed by atoms with Crippen molar-refractivity contribution < 1.29 is 9.53 Å². The molecule has 0 saturated heterocycles. The average Bonchev–Trinajstić information content (AvgIpc) is 3.19. The van der Waals surface area contributed by atoms with Gasteiger partial charge in [-0.1, -0.05) is 91.0 Å². The average molecular weight is 411 g/mol. The molecule has 0 fully saturated rings. The third-order valence-electron chi connectivity index (χ3n) is 4.75. The molecule has 0 aliphatic carbocycles. The molecule has 0 aliphatic rings. The van der Waals surface area contributed by atoms with E-state index in [0.29, 0.717) is 14.8 Å². The predicted octanol–water partition coefficient (Wildman–Crippen LogP) is 6.98. The van der Waals surface area contributed by atoms with E-state index >= 15 is 0 Å². The summed E-state index contributed by atoms with van der Waals surface area (Å²) < 4.78 is 5.04. The number of rotatable bonds is 6. The van der Waals surface area contributed by atoms with Crippen LogP contribution < -0.4 is 0 Å². The van der Waals surface area contributed by atoms with Crippen LogP contribution in [0.2, 0.25) is 0 Å². The molecule has 1 unspecified atom stereocenters. The van der Waals surface area contributed by atoms with Gasteiger partial charge in [0.05, 0.1) is 12.0 Å². The molecule has 1 aromatic heterocycles. The Morgan fingerprint density at radius 1 is 0.800 bits per heavy atom. The Hall–Kier alpha value is -3.42. The molecule has 1 heterocycles. The molecule has 0 saturated carbocycles. The molecule has 0 radical (unpaired) electrons. The van der Waals surface area contributed by atoms with Crippen LogP contribution in [0.25, 0.3) is 33.1 Å². The van der Waals surface area contributed by atoms with Crippen molar-refractivity contribution >= 4 is 25.8 Å². The molecule has 3 nitrogen and oxygen atoms in total. The smallest absolute Gasteiger partial charge is 0.349 e. The minimum atomic E-state index is -0.420. The van der Waals surface area contributed by atoms with E-state index in [9.17, 15) is 4.79 Å². The molecule has 3 aromatic carbocycles. The Morgan fingerprint density at radius 3 is 1.83 bits per heavy atom. The number of ether oxygens (including phenoxy) is 1. The molecular formula is C26H22NO2P. The standard InChI is InChI=1S/C26H22NO2P/c1-2-29-22(28)18-27-26-24(20-14-8-4-9-15-20)23(19-12-6-3-7-13-19)25(30-26)21-16-10-5-11-17-21/h3-18,30H,2H2,1H3. The maximum Gasteiger partial charge on any atom is 0.349 e. The summed E-state index contributed by atoms with van der Waals surface area (Å²) in [5, 5.41) is 1.23. The van der Waals surface area contributed by atoms with E-state index < -0.39 is 5.97 Å². The molecular weight excluding hydrogens is 389 g/mol. The first-order valence-corrected chi connectivity index (χ1v) is 10.9. The lowest BCUT2D eigenvalue weighted by Crippen LogP contribution is -2.04. The fraction of sp³-hybridized carbons (Fsp3) is 0.0769. The van der Waals surface area contributed by atoms with Crippen molar-refractivity contribution in [3.63, 3.8) is 0 Å². The Kier molecular flexibility index (Phi) is 6.22. The quantitative estimate of drug-likeness (QED) is 0.253. The van der Waals surface area contributed by atoms with E-state index in [4.69, 9.17) is 4.74 Å². The van der Waals surface area contributed by atoms with Crippen molar-refractivity contribution in [2.75, 3.05) is 6.61 Å². The third kappa shape index (κ3) is 4.27. The van der Waals surface area contributed by atoms with Crippen LogP contribution in [0.5, 0.6) is 0 Å². The van der Waals surface area contributed by atoms with Gasteiger partial charge in [-0.15, -0.1) is 8.19 Å². The summed E-state index contributed by atoms with van der Waals surface area (Å²) in [6.07, 6.45) is 1.30. The van der Waals surface area contributed by atoms with Gasteiger partial charge in [-0.2, -0.15) is 0 Å². The van der Waals surface area contributed by atoms with E-state index in [1.807, 2.05) is 30.3 Å². The summed E-state index contributed by atoms with van der Waals surface area (Å²) in [5.74, 6) is -0.420. The van der Waals surface area contributed by atoms with E-state index in [-0.39, 0.29) is 0 Å². The molecule has 0 bridgehead atoms. The lowest BCUT2D eigenvalue weighted by Gasteiger charge is -2.10. The minimum Gasteiger partial charge on any atom is -0.462 e. The van der Waals surface area contributed by atoms with Crippen molar-refractivity contribution in [3.05, 3.63) is 91.0 Å². The number of carbonyl (C=O) groups is 1. The number of aliphatic imine (C=N–C) groups is 1. The zero-order valence-electron chi connectivity index (χ0n) is 16.7. The van der Waals surface area contributed by atoms with Gasteiger partial charge >= 0.3 is 5.97 Å². The van der Waals surface area contributed by atoms with Crippen molar-refractivity contribution in [1.29, 1.82) is 0 Å². The number of nitrogens with zero attached hydrogens (tertiary/aromatic N) is 1. The maximum absolute atomic E-state index is 11.9. The van der Waals surface area contributed by atoms with Gasteiger partial charge in [0.15, 0.2) is 0 Å². The molecule has 148 valence electrons. The fourth-order valence-electron chi connectivity index (χ4n) is 3.48. The summed E-state index contributed by atoms with van der Waals surface area (Å²) in [5.41, 5.74) is 6.54. The van der Waals surface area contributed by atoms with Crippen LogP contribution in [-0.2, 0) is 9.53 Å². The Bertz CT molecular complexity index is 1150. The molecule has 1 atom stereocenters. The first-order chi connectivity index (χ1) is 14.8. The molecule has 4 heteroatoms. The highest BCUT2D eigenvalue weighted by Gasteiger charge is 2.20. The minimum absolute atomic E-state index is 0.334. The molecule has 4 rings (SSSR count). The first-order valence-electron chi connectivity index (χ1n) is 9.91. The van der Waals surface area contributed by atoms with E-state index in [1.165, 1.54) is 22.6 Å². The van der Waals surface area contributed by atoms with Gasteiger partial charge in [0.2, 0.25) is 0 Å². The highest BCUT2D eigenvalue weighted by Crippen LogP contribution is 2.54. The van der Waals surface area contributed by atoms with Crippen LogP contribution in [0.1, 0.15) is 6.92 Å². The predicted molar refractivity (Wildman–Crippen MR) is 127 cm³/mol. The van der Waals surface area contributed by atoms with Crippen molar-refractivity contribution in [1.82, 2.24) is 0 Å².